The predicted molar refractivity (Wildman–Crippen MR) is 66.3 cm³/mol. The molecule has 2 nitrogen and oxygen atoms in total. The summed E-state index contributed by atoms with van der Waals surface area (Å²) in [6, 6.07) is 7.80. The lowest BCUT2D eigenvalue weighted by atomic mass is 10.3. The number of hydrogen-bond acceptors (Lipinski definition) is 2. The number of anilines is 1. The highest BCUT2D eigenvalue weighted by Crippen LogP contribution is 2.24. The van der Waals surface area contributed by atoms with Crippen LogP contribution in [0, 0.1) is 0 Å². The van der Waals surface area contributed by atoms with E-state index < -0.39 is 0 Å². The van der Waals surface area contributed by atoms with Gasteiger partial charge in [0.15, 0.2) is 0 Å². The van der Waals surface area contributed by atoms with Crippen LogP contribution in [0.4, 0.5) is 5.69 Å². The van der Waals surface area contributed by atoms with E-state index in [0.29, 0.717) is 5.25 Å². The zero-order valence-electron chi connectivity index (χ0n) is 8.99. The van der Waals surface area contributed by atoms with Gasteiger partial charge in [0.2, 0.25) is 5.91 Å². The molecule has 0 unspecified atom stereocenters. The van der Waals surface area contributed by atoms with Crippen LogP contribution in [-0.4, -0.2) is 11.2 Å². The van der Waals surface area contributed by atoms with Crippen molar-refractivity contribution in [3.05, 3.63) is 36.9 Å². The van der Waals surface area contributed by atoms with Crippen molar-refractivity contribution >= 4 is 23.4 Å². The quantitative estimate of drug-likeness (QED) is 0.624. The van der Waals surface area contributed by atoms with Crippen molar-refractivity contribution in [2.24, 2.45) is 0 Å². The SMILES string of the molecule is C=CC(=O)Nc1ccc(SC(C)C)cc1. The molecule has 1 amide bonds. The minimum absolute atomic E-state index is 0.181. The molecule has 0 spiro atoms. The first-order chi connectivity index (χ1) is 7.11. The van der Waals surface area contributed by atoms with Crippen LogP contribution in [0.15, 0.2) is 41.8 Å². The number of hydrogen-bond donors (Lipinski definition) is 1. The zero-order chi connectivity index (χ0) is 11.3. The van der Waals surface area contributed by atoms with Crippen molar-refractivity contribution in [2.75, 3.05) is 5.32 Å². The smallest absolute Gasteiger partial charge is 0.247 e. The number of carbonyl (C=O) groups is 1. The van der Waals surface area contributed by atoms with Crippen molar-refractivity contribution in [1.82, 2.24) is 0 Å². The molecule has 1 N–H and O–H groups in total. The third kappa shape index (κ3) is 4.21. The van der Waals surface area contributed by atoms with Crippen molar-refractivity contribution in [2.45, 2.75) is 24.0 Å². The Morgan fingerprint density at radius 2 is 2.00 bits per heavy atom. The third-order valence-electron chi connectivity index (χ3n) is 1.68. The van der Waals surface area contributed by atoms with Gasteiger partial charge >= 0.3 is 0 Å². The molecule has 0 atom stereocenters. The van der Waals surface area contributed by atoms with Gasteiger partial charge in [-0.3, -0.25) is 4.79 Å². The molecule has 0 fully saturated rings. The van der Waals surface area contributed by atoms with Crippen LogP contribution < -0.4 is 5.32 Å². The fourth-order valence-corrected chi connectivity index (χ4v) is 1.92. The summed E-state index contributed by atoms with van der Waals surface area (Å²) in [5, 5.41) is 3.27. The summed E-state index contributed by atoms with van der Waals surface area (Å²) in [5.74, 6) is -0.181. The molecule has 1 aromatic rings. The summed E-state index contributed by atoms with van der Waals surface area (Å²) < 4.78 is 0. The van der Waals surface area contributed by atoms with Gasteiger partial charge in [-0.1, -0.05) is 20.4 Å². The minimum atomic E-state index is -0.181. The second kappa shape index (κ2) is 5.61. The highest BCUT2D eigenvalue weighted by molar-refractivity contribution is 7.99. The first-order valence-electron chi connectivity index (χ1n) is 4.82. The van der Waals surface area contributed by atoms with Crippen LogP contribution in [0.3, 0.4) is 0 Å². The summed E-state index contributed by atoms with van der Waals surface area (Å²) in [5.41, 5.74) is 0.799. The molecular weight excluding hydrogens is 206 g/mol. The van der Waals surface area contributed by atoms with Crippen LogP contribution in [0.5, 0.6) is 0 Å². The van der Waals surface area contributed by atoms with E-state index in [1.54, 1.807) is 11.8 Å². The summed E-state index contributed by atoms with van der Waals surface area (Å²) in [7, 11) is 0. The molecule has 80 valence electrons. The maximum Gasteiger partial charge on any atom is 0.247 e. The molecule has 0 bridgehead atoms. The van der Waals surface area contributed by atoms with Crippen molar-refractivity contribution in [1.29, 1.82) is 0 Å². The van der Waals surface area contributed by atoms with Crippen LogP contribution in [0.1, 0.15) is 13.8 Å². The summed E-state index contributed by atoms with van der Waals surface area (Å²) in [6.07, 6.45) is 1.26. The molecule has 3 heteroatoms. The third-order valence-corrected chi connectivity index (χ3v) is 2.69. The summed E-state index contributed by atoms with van der Waals surface area (Å²) in [6.45, 7) is 7.70. The monoisotopic (exact) mass is 221 g/mol. The molecule has 0 heterocycles. The largest absolute Gasteiger partial charge is 0.323 e. The molecule has 0 aliphatic carbocycles. The van der Waals surface area contributed by atoms with Gasteiger partial charge in [-0.15, -0.1) is 11.8 Å². The van der Waals surface area contributed by atoms with Crippen molar-refractivity contribution in [3.63, 3.8) is 0 Å². The van der Waals surface area contributed by atoms with E-state index in [1.807, 2.05) is 24.3 Å². The van der Waals surface area contributed by atoms with E-state index in [-0.39, 0.29) is 5.91 Å². The molecule has 0 saturated carbocycles. The topological polar surface area (TPSA) is 29.1 Å². The van der Waals surface area contributed by atoms with E-state index in [1.165, 1.54) is 11.0 Å². The highest BCUT2D eigenvalue weighted by Gasteiger charge is 1.99. The number of thioether (sulfide) groups is 1. The first kappa shape index (κ1) is 11.9. The fourth-order valence-electron chi connectivity index (χ4n) is 1.08. The average molecular weight is 221 g/mol. The van der Waals surface area contributed by atoms with E-state index in [9.17, 15) is 4.79 Å². The normalized spacial score (nSPS) is 10.1. The number of rotatable bonds is 4. The molecule has 1 aromatic carbocycles. The lowest BCUT2D eigenvalue weighted by molar-refractivity contribution is -0.111. The Morgan fingerprint density at radius 3 is 2.47 bits per heavy atom. The highest BCUT2D eigenvalue weighted by atomic mass is 32.2. The van der Waals surface area contributed by atoms with Gasteiger partial charge in [-0.25, -0.2) is 0 Å². The predicted octanol–water partition coefficient (Wildman–Crippen LogP) is 3.31. The van der Waals surface area contributed by atoms with E-state index in [0.717, 1.165) is 5.69 Å². The van der Waals surface area contributed by atoms with Crippen LogP contribution in [-0.2, 0) is 4.79 Å². The van der Waals surface area contributed by atoms with Gasteiger partial charge in [-0.2, -0.15) is 0 Å². The van der Waals surface area contributed by atoms with E-state index in [2.05, 4.69) is 25.7 Å². The van der Waals surface area contributed by atoms with Gasteiger partial charge in [0.1, 0.15) is 0 Å². The Balaban J connectivity index is 2.63. The second-order valence-electron chi connectivity index (χ2n) is 3.38. The lowest BCUT2D eigenvalue weighted by Crippen LogP contribution is -2.06. The maximum absolute atomic E-state index is 11.0. The molecule has 15 heavy (non-hydrogen) atoms. The Hall–Kier alpha value is -1.22. The zero-order valence-corrected chi connectivity index (χ0v) is 9.80. The van der Waals surface area contributed by atoms with Gasteiger partial charge < -0.3 is 5.32 Å². The Bertz CT molecular complexity index is 343. The number of benzene rings is 1. The standard InChI is InChI=1S/C12H15NOS/c1-4-12(14)13-10-5-7-11(8-6-10)15-9(2)3/h4-9H,1H2,2-3H3,(H,13,14). The Kier molecular flexibility index (Phi) is 4.43. The molecule has 1 rings (SSSR count). The van der Waals surface area contributed by atoms with Gasteiger partial charge in [0, 0.05) is 15.8 Å². The summed E-state index contributed by atoms with van der Waals surface area (Å²) in [4.78, 5) is 12.2. The van der Waals surface area contributed by atoms with Crippen molar-refractivity contribution in [3.8, 4) is 0 Å². The van der Waals surface area contributed by atoms with Crippen LogP contribution in [0.2, 0.25) is 0 Å². The number of amides is 1. The first-order valence-corrected chi connectivity index (χ1v) is 5.70. The summed E-state index contributed by atoms with van der Waals surface area (Å²) >= 11 is 1.80. The van der Waals surface area contributed by atoms with E-state index in [4.69, 9.17) is 0 Å². The minimum Gasteiger partial charge on any atom is -0.323 e. The van der Waals surface area contributed by atoms with Gasteiger partial charge in [0.05, 0.1) is 0 Å². The van der Waals surface area contributed by atoms with Crippen molar-refractivity contribution < 1.29 is 4.79 Å². The molecule has 0 saturated heterocycles. The number of carbonyl (C=O) groups excluding carboxylic acids is 1. The Labute approximate surface area is 94.8 Å². The number of nitrogens with one attached hydrogen (secondary N) is 1. The molecule has 0 radical (unpaired) electrons. The van der Waals surface area contributed by atoms with Crippen LogP contribution in [0.25, 0.3) is 0 Å². The second-order valence-corrected chi connectivity index (χ2v) is 5.03. The molecular formula is C12H15NOS. The van der Waals surface area contributed by atoms with Gasteiger partial charge in [-0.05, 0) is 30.3 Å². The molecule has 0 aromatic heterocycles. The van der Waals surface area contributed by atoms with Crippen LogP contribution >= 0.6 is 11.8 Å². The maximum atomic E-state index is 11.0. The Morgan fingerprint density at radius 1 is 1.40 bits per heavy atom. The average Bonchev–Trinajstić information content (AvgIpc) is 2.20. The fraction of sp³-hybridized carbons (Fsp3) is 0.250. The molecule has 0 aliphatic heterocycles. The van der Waals surface area contributed by atoms with E-state index >= 15 is 0 Å². The van der Waals surface area contributed by atoms with Gasteiger partial charge in [0.25, 0.3) is 0 Å². The molecule has 0 aliphatic rings. The lowest BCUT2D eigenvalue weighted by Gasteiger charge is -2.06.